The van der Waals surface area contributed by atoms with Gasteiger partial charge in [0.25, 0.3) is 11.5 Å². The molecule has 1 atom stereocenters. The summed E-state index contributed by atoms with van der Waals surface area (Å²) in [7, 11) is 0. The first kappa shape index (κ1) is 26.1. The molecule has 10 heteroatoms. The summed E-state index contributed by atoms with van der Waals surface area (Å²) in [5, 5.41) is 6.82. The lowest BCUT2D eigenvalue weighted by atomic mass is 10.2. The Labute approximate surface area is 230 Å². The number of hydrogen-bond donors (Lipinski definition) is 3. The number of halogens is 1. The molecule has 0 radical (unpaired) electrons. The van der Waals surface area contributed by atoms with Gasteiger partial charge < -0.3 is 20.3 Å². The summed E-state index contributed by atoms with van der Waals surface area (Å²) in [4.78, 5) is 42.5. The van der Waals surface area contributed by atoms with Crippen LogP contribution in [0, 0.1) is 0 Å². The van der Waals surface area contributed by atoms with E-state index in [0.29, 0.717) is 40.9 Å². The molecule has 3 N–H and O–H groups in total. The van der Waals surface area contributed by atoms with Crippen LogP contribution in [0.15, 0.2) is 88.5 Å². The Bertz CT molecular complexity index is 1580. The van der Waals surface area contributed by atoms with Gasteiger partial charge in [-0.3, -0.25) is 19.1 Å². The molecule has 9 nitrogen and oxygen atoms in total. The van der Waals surface area contributed by atoms with Crippen molar-refractivity contribution in [2.75, 3.05) is 23.4 Å². The Morgan fingerprint density at radius 2 is 1.77 bits per heavy atom. The van der Waals surface area contributed by atoms with E-state index in [4.69, 9.17) is 16.3 Å². The van der Waals surface area contributed by atoms with Crippen molar-refractivity contribution in [1.82, 2.24) is 14.9 Å². The van der Waals surface area contributed by atoms with E-state index in [0.717, 1.165) is 11.1 Å². The highest BCUT2D eigenvalue weighted by Crippen LogP contribution is 2.30. The van der Waals surface area contributed by atoms with Gasteiger partial charge in [-0.25, -0.2) is 4.79 Å². The fraction of sp³-hybridized carbons (Fsp3) is 0.207. The number of aromatic nitrogens is 2. The SMILES string of the molecule is CCN1c2c(n(Cc3ccc(Cl)cc3)c(=O)[nH]c2=O)NC1COc1cccc(C(=O)NCc2ccccc2)c1. The highest BCUT2D eigenvalue weighted by atomic mass is 35.5. The van der Waals surface area contributed by atoms with Gasteiger partial charge in [-0.05, 0) is 48.4 Å². The van der Waals surface area contributed by atoms with Crippen LogP contribution in [0.25, 0.3) is 0 Å². The van der Waals surface area contributed by atoms with Crippen molar-refractivity contribution in [2.24, 2.45) is 0 Å². The standard InChI is InChI=1S/C29H28ClN5O4/c1-2-34-24(18-39-23-10-6-9-21(15-23)27(36)31-16-19-7-4-3-5-8-19)32-26-25(34)28(37)33-29(38)35(26)17-20-11-13-22(30)14-12-20/h3-15,24,32H,2,16-18H2,1H3,(H,31,36)(H,33,37,38). The molecule has 1 aliphatic heterocycles. The Balaban J connectivity index is 1.30. The third-order valence-electron chi connectivity index (χ3n) is 6.54. The van der Waals surface area contributed by atoms with Gasteiger partial charge in [0.2, 0.25) is 0 Å². The van der Waals surface area contributed by atoms with Crippen molar-refractivity contribution in [3.63, 3.8) is 0 Å². The topological polar surface area (TPSA) is 108 Å². The minimum absolute atomic E-state index is 0.173. The van der Waals surface area contributed by atoms with Crippen LogP contribution in [0.2, 0.25) is 5.02 Å². The van der Waals surface area contributed by atoms with Gasteiger partial charge in [0.05, 0.1) is 6.54 Å². The predicted octanol–water partition coefficient (Wildman–Crippen LogP) is 3.83. The number of carbonyl (C=O) groups is 1. The van der Waals surface area contributed by atoms with Gasteiger partial charge in [-0.1, -0.05) is 60.1 Å². The summed E-state index contributed by atoms with van der Waals surface area (Å²) in [6, 6.07) is 23.8. The normalized spacial score (nSPS) is 14.0. The molecule has 3 aromatic carbocycles. The quantitative estimate of drug-likeness (QED) is 0.295. The van der Waals surface area contributed by atoms with Crippen LogP contribution in [0.5, 0.6) is 5.75 Å². The van der Waals surface area contributed by atoms with Crippen LogP contribution in [0.4, 0.5) is 11.5 Å². The molecule has 1 aromatic heterocycles. The summed E-state index contributed by atoms with van der Waals surface area (Å²) in [6.45, 7) is 3.29. The lowest BCUT2D eigenvalue weighted by molar-refractivity contribution is 0.0950. The molecular formula is C29H28ClN5O4. The van der Waals surface area contributed by atoms with Crippen molar-refractivity contribution in [3.05, 3.63) is 121 Å². The maximum absolute atomic E-state index is 12.8. The van der Waals surface area contributed by atoms with Crippen molar-refractivity contribution in [2.45, 2.75) is 26.2 Å². The molecule has 1 unspecified atom stereocenters. The van der Waals surface area contributed by atoms with Crippen molar-refractivity contribution in [1.29, 1.82) is 0 Å². The van der Waals surface area contributed by atoms with Crippen LogP contribution in [0.1, 0.15) is 28.4 Å². The Hall–Kier alpha value is -4.50. The number of nitrogens with one attached hydrogen (secondary N) is 3. The number of aromatic amines is 1. The average Bonchev–Trinajstić information content (AvgIpc) is 3.33. The summed E-state index contributed by atoms with van der Waals surface area (Å²) in [5.41, 5.74) is 1.77. The lowest BCUT2D eigenvalue weighted by Crippen LogP contribution is -2.41. The largest absolute Gasteiger partial charge is 0.489 e. The number of nitrogens with zero attached hydrogens (tertiary/aromatic N) is 2. The summed E-state index contributed by atoms with van der Waals surface area (Å²) >= 11 is 6.00. The van der Waals surface area contributed by atoms with E-state index >= 15 is 0 Å². The van der Waals surface area contributed by atoms with Crippen LogP contribution < -0.4 is 31.5 Å². The first-order valence-corrected chi connectivity index (χ1v) is 13.0. The van der Waals surface area contributed by atoms with Crippen LogP contribution in [-0.4, -0.2) is 34.8 Å². The second-order valence-electron chi connectivity index (χ2n) is 9.12. The number of likely N-dealkylation sites (N-methyl/N-ethyl adjacent to an activating group) is 1. The zero-order valence-electron chi connectivity index (χ0n) is 21.3. The van der Waals surface area contributed by atoms with E-state index in [1.807, 2.05) is 54.3 Å². The zero-order valence-corrected chi connectivity index (χ0v) is 22.1. The molecule has 1 amide bonds. The molecule has 4 aromatic rings. The second kappa shape index (κ2) is 11.5. The molecule has 0 spiro atoms. The van der Waals surface area contributed by atoms with Gasteiger partial charge in [-0.15, -0.1) is 0 Å². The number of H-pyrrole nitrogens is 1. The zero-order chi connectivity index (χ0) is 27.4. The molecule has 0 bridgehead atoms. The number of fused-ring (bicyclic) bond motifs is 1. The van der Waals surface area contributed by atoms with Gasteiger partial charge in [0, 0.05) is 23.7 Å². The number of amides is 1. The van der Waals surface area contributed by atoms with Gasteiger partial charge >= 0.3 is 5.69 Å². The number of carbonyl (C=O) groups excluding carboxylic acids is 1. The number of benzene rings is 3. The molecule has 39 heavy (non-hydrogen) atoms. The molecule has 2 heterocycles. The van der Waals surface area contributed by atoms with E-state index in [2.05, 4.69) is 15.6 Å². The molecule has 5 rings (SSSR count). The Morgan fingerprint density at radius 1 is 1.00 bits per heavy atom. The van der Waals surface area contributed by atoms with Crippen molar-refractivity contribution in [3.8, 4) is 5.75 Å². The smallest absolute Gasteiger partial charge is 0.330 e. The fourth-order valence-electron chi connectivity index (χ4n) is 4.58. The van der Waals surface area contributed by atoms with Gasteiger partial charge in [0.1, 0.15) is 30.0 Å². The third-order valence-corrected chi connectivity index (χ3v) is 6.79. The molecule has 0 saturated heterocycles. The second-order valence-corrected chi connectivity index (χ2v) is 9.56. The maximum atomic E-state index is 12.8. The minimum Gasteiger partial charge on any atom is -0.489 e. The highest BCUT2D eigenvalue weighted by Gasteiger charge is 2.33. The average molecular weight is 546 g/mol. The third kappa shape index (κ3) is 5.83. The molecule has 200 valence electrons. The molecule has 1 aliphatic rings. The van der Waals surface area contributed by atoms with Crippen LogP contribution in [-0.2, 0) is 13.1 Å². The maximum Gasteiger partial charge on any atom is 0.330 e. The van der Waals surface area contributed by atoms with E-state index in [1.165, 1.54) is 4.57 Å². The highest BCUT2D eigenvalue weighted by molar-refractivity contribution is 6.30. The summed E-state index contributed by atoms with van der Waals surface area (Å²) in [6.07, 6.45) is -0.403. The van der Waals surface area contributed by atoms with Gasteiger partial charge in [-0.2, -0.15) is 0 Å². The van der Waals surface area contributed by atoms with E-state index in [1.54, 1.807) is 36.4 Å². The van der Waals surface area contributed by atoms with Crippen molar-refractivity contribution >= 4 is 29.0 Å². The Morgan fingerprint density at radius 3 is 2.51 bits per heavy atom. The number of anilines is 2. The first-order chi connectivity index (χ1) is 18.9. The molecule has 0 fully saturated rings. The predicted molar refractivity (Wildman–Crippen MR) is 152 cm³/mol. The summed E-state index contributed by atoms with van der Waals surface area (Å²) < 4.78 is 7.55. The molecule has 0 saturated carbocycles. The molecular weight excluding hydrogens is 518 g/mol. The number of ether oxygens (including phenoxy) is 1. The summed E-state index contributed by atoms with van der Waals surface area (Å²) in [5.74, 6) is 0.746. The fourth-order valence-corrected chi connectivity index (χ4v) is 4.71. The lowest BCUT2D eigenvalue weighted by Gasteiger charge is -2.24. The minimum atomic E-state index is -0.506. The van der Waals surface area contributed by atoms with Crippen LogP contribution >= 0.6 is 11.6 Å². The van der Waals surface area contributed by atoms with E-state index in [9.17, 15) is 14.4 Å². The first-order valence-electron chi connectivity index (χ1n) is 12.6. The van der Waals surface area contributed by atoms with Crippen LogP contribution in [0.3, 0.4) is 0 Å². The number of hydrogen-bond acceptors (Lipinski definition) is 6. The van der Waals surface area contributed by atoms with E-state index < -0.39 is 17.4 Å². The Kier molecular flexibility index (Phi) is 7.69. The monoisotopic (exact) mass is 545 g/mol. The van der Waals surface area contributed by atoms with E-state index in [-0.39, 0.29) is 19.1 Å². The number of rotatable bonds is 9. The molecule has 0 aliphatic carbocycles. The van der Waals surface area contributed by atoms with Crippen molar-refractivity contribution < 1.29 is 9.53 Å². The van der Waals surface area contributed by atoms with Gasteiger partial charge in [0.15, 0.2) is 0 Å².